The Bertz CT molecular complexity index is 1960. The van der Waals surface area contributed by atoms with E-state index >= 15 is 0 Å². The van der Waals surface area contributed by atoms with E-state index in [-0.39, 0.29) is 35.9 Å². The number of nitrogens with zero attached hydrogens (tertiary/aromatic N) is 5. The Kier molecular flexibility index (Phi) is 10.2. The zero-order valence-electron chi connectivity index (χ0n) is 29.9. The van der Waals surface area contributed by atoms with E-state index in [1.54, 1.807) is 10.8 Å². The van der Waals surface area contributed by atoms with Gasteiger partial charge in [0.05, 0.1) is 28.7 Å². The molecule has 1 N–H and O–H groups in total. The maximum absolute atomic E-state index is 14.2. The fourth-order valence-corrected chi connectivity index (χ4v) is 8.41. The molecule has 1 atom stereocenters. The van der Waals surface area contributed by atoms with Crippen LogP contribution in [0.15, 0.2) is 47.4 Å². The van der Waals surface area contributed by atoms with Crippen molar-refractivity contribution in [3.05, 3.63) is 69.8 Å². The number of imidazole rings is 1. The average Bonchev–Trinajstić information content (AvgIpc) is 3.49. The number of ether oxygens (including phenoxy) is 2. The molecule has 0 radical (unpaired) electrons. The number of aromatic amines is 1. The summed E-state index contributed by atoms with van der Waals surface area (Å²) in [7, 11) is 0. The van der Waals surface area contributed by atoms with E-state index in [9.17, 15) is 19.2 Å². The quantitative estimate of drug-likeness (QED) is 0.215. The van der Waals surface area contributed by atoms with Crippen molar-refractivity contribution in [1.82, 2.24) is 29.2 Å². The third-order valence-corrected chi connectivity index (χ3v) is 11.0. The number of esters is 1. The van der Waals surface area contributed by atoms with Gasteiger partial charge in [-0.3, -0.25) is 28.8 Å². The minimum atomic E-state index is -0.529. The number of benzene rings is 2. The van der Waals surface area contributed by atoms with E-state index in [1.165, 1.54) is 6.92 Å². The van der Waals surface area contributed by atoms with Crippen molar-refractivity contribution in [3.63, 3.8) is 0 Å². The van der Waals surface area contributed by atoms with Gasteiger partial charge in [0.15, 0.2) is 0 Å². The Hall–Kier alpha value is -4.55. The average molecular weight is 697 g/mol. The summed E-state index contributed by atoms with van der Waals surface area (Å²) < 4.78 is 12.8. The van der Waals surface area contributed by atoms with E-state index in [1.807, 2.05) is 60.0 Å². The second kappa shape index (κ2) is 15.0. The maximum atomic E-state index is 14.2. The van der Waals surface area contributed by atoms with Gasteiger partial charge in [0.1, 0.15) is 5.75 Å². The highest BCUT2D eigenvalue weighted by Gasteiger charge is 2.34. The molecule has 0 spiro atoms. The Morgan fingerprint density at radius 2 is 1.61 bits per heavy atom. The number of hydrogen-bond donors (Lipinski definition) is 1. The lowest BCUT2D eigenvalue weighted by Gasteiger charge is -2.41. The van der Waals surface area contributed by atoms with Crippen LogP contribution in [0.5, 0.6) is 5.75 Å². The predicted octanol–water partition coefficient (Wildman–Crippen LogP) is 4.16. The highest BCUT2D eigenvalue weighted by molar-refractivity contribution is 6.01. The molecule has 51 heavy (non-hydrogen) atoms. The van der Waals surface area contributed by atoms with Gasteiger partial charge in [-0.2, -0.15) is 0 Å². The normalized spacial score (nSPS) is 18.7. The number of piperidine rings is 1. The molecule has 12 nitrogen and oxygen atoms in total. The molecular formula is C39H48N6O6. The number of rotatable bonds is 8. The smallest absolute Gasteiger partial charge is 0.326 e. The molecule has 0 bridgehead atoms. The monoisotopic (exact) mass is 696 g/mol. The summed E-state index contributed by atoms with van der Waals surface area (Å²) in [5.41, 5.74) is 4.80. The summed E-state index contributed by atoms with van der Waals surface area (Å²) in [6, 6.07) is 12.1. The minimum absolute atomic E-state index is 0.00861. The fourth-order valence-electron chi connectivity index (χ4n) is 8.41. The number of piperazine rings is 1. The number of aryl methyl sites for hydroxylation is 2. The van der Waals surface area contributed by atoms with Gasteiger partial charge in [-0.15, -0.1) is 0 Å². The van der Waals surface area contributed by atoms with Gasteiger partial charge < -0.3 is 24.3 Å². The molecule has 270 valence electrons. The molecule has 2 aromatic heterocycles. The van der Waals surface area contributed by atoms with Crippen molar-refractivity contribution in [1.29, 1.82) is 0 Å². The van der Waals surface area contributed by atoms with E-state index in [4.69, 9.17) is 9.47 Å². The number of fused-ring (bicyclic) bond motifs is 3. The van der Waals surface area contributed by atoms with E-state index < -0.39 is 5.92 Å². The van der Waals surface area contributed by atoms with Crippen LogP contribution in [-0.4, -0.2) is 106 Å². The third-order valence-electron chi connectivity index (χ3n) is 11.0. The molecule has 0 unspecified atom stereocenters. The largest absolute Gasteiger partial charge is 0.426 e. The van der Waals surface area contributed by atoms with Crippen molar-refractivity contribution >= 4 is 39.7 Å². The van der Waals surface area contributed by atoms with Crippen LogP contribution in [-0.2, 0) is 25.5 Å². The zero-order chi connectivity index (χ0) is 35.6. The number of aromatic nitrogens is 3. The summed E-state index contributed by atoms with van der Waals surface area (Å²) in [6.07, 6.45) is 5.59. The van der Waals surface area contributed by atoms with Crippen LogP contribution >= 0.6 is 0 Å². The van der Waals surface area contributed by atoms with Crippen LogP contribution in [0.1, 0.15) is 61.8 Å². The van der Waals surface area contributed by atoms with Crippen LogP contribution < -0.4 is 10.4 Å². The summed E-state index contributed by atoms with van der Waals surface area (Å²) in [6.45, 7) is 10.7. The van der Waals surface area contributed by atoms with Gasteiger partial charge in [0.25, 0.3) is 0 Å². The molecule has 5 heterocycles. The first kappa shape index (κ1) is 34.9. The Labute approximate surface area is 297 Å². The highest BCUT2D eigenvalue weighted by atomic mass is 16.5. The number of pyridine rings is 1. The number of hydrogen-bond acceptors (Lipinski definition) is 8. The first-order valence-corrected chi connectivity index (χ1v) is 18.3. The van der Waals surface area contributed by atoms with Crippen LogP contribution in [0.25, 0.3) is 21.9 Å². The third kappa shape index (κ3) is 7.43. The Balaban J connectivity index is 1.05. The van der Waals surface area contributed by atoms with E-state index in [0.29, 0.717) is 57.2 Å². The van der Waals surface area contributed by atoms with Crippen LogP contribution in [0.2, 0.25) is 0 Å². The number of H-pyrrole nitrogens is 1. The lowest BCUT2D eigenvalue weighted by molar-refractivity contribution is -0.143. The summed E-state index contributed by atoms with van der Waals surface area (Å²) in [4.78, 5) is 67.0. The van der Waals surface area contributed by atoms with Crippen LogP contribution in [0, 0.1) is 19.8 Å². The molecule has 7 rings (SSSR count). The lowest BCUT2D eigenvalue weighted by atomic mass is 9.91. The molecule has 4 aromatic rings. The lowest BCUT2D eigenvalue weighted by Crippen LogP contribution is -2.54. The summed E-state index contributed by atoms with van der Waals surface area (Å²) >= 11 is 0. The highest BCUT2D eigenvalue weighted by Crippen LogP contribution is 2.30. The molecule has 12 heteroatoms. The van der Waals surface area contributed by atoms with Gasteiger partial charge in [0.2, 0.25) is 11.8 Å². The number of likely N-dealkylation sites (tertiary alicyclic amines) is 1. The van der Waals surface area contributed by atoms with E-state index in [2.05, 4.69) is 14.9 Å². The number of amides is 2. The number of carbonyl (C=O) groups is 3. The minimum Gasteiger partial charge on any atom is -0.426 e. The topological polar surface area (TPSA) is 130 Å². The second-order valence-electron chi connectivity index (χ2n) is 14.4. The molecule has 3 aliphatic heterocycles. The van der Waals surface area contributed by atoms with Crippen molar-refractivity contribution in [3.8, 4) is 5.75 Å². The molecule has 3 fully saturated rings. The van der Waals surface area contributed by atoms with Gasteiger partial charge in [-0.05, 0) is 68.7 Å². The number of nitrogens with one attached hydrogen (secondary N) is 1. The molecule has 3 aliphatic rings. The molecule has 0 aliphatic carbocycles. The molecule has 2 aromatic carbocycles. The molecule has 3 saturated heterocycles. The Morgan fingerprint density at radius 1 is 0.922 bits per heavy atom. The van der Waals surface area contributed by atoms with Gasteiger partial charge in [-0.1, -0.05) is 30.3 Å². The zero-order valence-corrected chi connectivity index (χ0v) is 29.9. The molecule has 0 saturated carbocycles. The first-order valence-electron chi connectivity index (χ1n) is 18.3. The summed E-state index contributed by atoms with van der Waals surface area (Å²) in [5, 5.41) is 0.908. The maximum Gasteiger partial charge on any atom is 0.326 e. The van der Waals surface area contributed by atoms with Crippen LogP contribution in [0.4, 0.5) is 0 Å². The van der Waals surface area contributed by atoms with Gasteiger partial charge >= 0.3 is 11.7 Å². The molecular weight excluding hydrogens is 648 g/mol. The first-order chi connectivity index (χ1) is 24.7. The molecule has 2 amide bonds. The SMILES string of the molecule is CC(=O)Oc1c(C)cc(C[C@@H](CC(=O)N2CCC(n3c(=O)[nH]c4c5ccccc5ncc43)CC2)C(=O)N2CCN(C3CCOCC3)CC2)cc1C. The fraction of sp³-hybridized carbons (Fsp3) is 0.513. The second-order valence-corrected chi connectivity index (χ2v) is 14.4. The van der Waals surface area contributed by atoms with Crippen LogP contribution in [0.3, 0.4) is 0 Å². The van der Waals surface area contributed by atoms with Crippen molar-refractivity contribution in [2.45, 2.75) is 71.4 Å². The Morgan fingerprint density at radius 3 is 2.29 bits per heavy atom. The number of para-hydroxylation sites is 1. The van der Waals surface area contributed by atoms with Gasteiger partial charge in [-0.25, -0.2) is 4.79 Å². The van der Waals surface area contributed by atoms with Crippen molar-refractivity contribution < 1.29 is 23.9 Å². The number of carbonyl (C=O) groups excluding carboxylic acids is 3. The van der Waals surface area contributed by atoms with Gasteiger partial charge in [0, 0.05) is 83.3 Å². The van der Waals surface area contributed by atoms with Crippen molar-refractivity contribution in [2.24, 2.45) is 5.92 Å². The predicted molar refractivity (Wildman–Crippen MR) is 194 cm³/mol. The van der Waals surface area contributed by atoms with E-state index in [0.717, 1.165) is 77.8 Å². The summed E-state index contributed by atoms with van der Waals surface area (Å²) in [5.74, 6) is -0.406. The standard InChI is InChI=1S/C39H48N6O6/c1-25-20-28(21-26(2)37(25)51-27(3)46)22-29(38(48)44-16-14-42(15-17-44)30-10-18-50-19-11-30)23-35(47)43-12-8-31(9-13-43)45-34-24-40-33-7-5-4-6-32(33)36(34)41-39(45)49/h4-7,20-21,24,29-31H,8-19,22-23H2,1-3H3,(H,41,49)/t29-/m0/s1. The van der Waals surface area contributed by atoms with Crippen molar-refractivity contribution in [2.75, 3.05) is 52.5 Å².